The number of ether oxygens (including phenoxy) is 4. The maximum absolute atomic E-state index is 9.70. The highest BCUT2D eigenvalue weighted by molar-refractivity contribution is 5.97. The number of hydrogen-bond donors (Lipinski definition) is 1. The van der Waals surface area contributed by atoms with Gasteiger partial charge in [-0.3, -0.25) is 4.90 Å². The Kier molecular flexibility index (Phi) is 7.50. The zero-order valence-electron chi connectivity index (χ0n) is 24.9. The molecule has 1 N–H and O–H groups in total. The molecule has 1 saturated carbocycles. The molecule has 6 nitrogen and oxygen atoms in total. The molecule has 0 radical (unpaired) electrons. The zero-order chi connectivity index (χ0) is 29.4. The van der Waals surface area contributed by atoms with Crippen molar-refractivity contribution in [3.05, 3.63) is 101 Å². The Bertz CT molecular complexity index is 1580. The fourth-order valence-corrected chi connectivity index (χ4v) is 7.22. The third-order valence-corrected chi connectivity index (χ3v) is 9.51. The summed E-state index contributed by atoms with van der Waals surface area (Å²) in [6.07, 6.45) is 9.07. The Labute approximate surface area is 253 Å². The summed E-state index contributed by atoms with van der Waals surface area (Å²) in [5.41, 5.74) is 3.53. The van der Waals surface area contributed by atoms with Crippen molar-refractivity contribution in [1.29, 1.82) is 0 Å². The quantitative estimate of drug-likeness (QED) is 0.252. The fraction of sp³-hybridized carbons (Fsp3) is 0.351. The topological polar surface area (TPSA) is 60.4 Å². The van der Waals surface area contributed by atoms with E-state index in [0.717, 1.165) is 71.0 Å². The van der Waals surface area contributed by atoms with Gasteiger partial charge in [0.1, 0.15) is 29.7 Å². The standard InChI is InChI=1S/C37H39NO5/c1-40-29-10-6-27(7-11-29)37(28-8-12-30(41-2)13-9-28)19-18-33-31-14-16-35-34(32(31)15-17-36(33)43-37)22-38(24-42-35)21-25-4-3-5-26(20-25)23-39/h6-19,25-26,39H,3-5,20-24H2,1-2H3. The van der Waals surface area contributed by atoms with Crippen LogP contribution in [0.25, 0.3) is 16.8 Å². The Morgan fingerprint density at radius 2 is 1.47 bits per heavy atom. The molecule has 0 aromatic heterocycles. The molecule has 2 unspecified atom stereocenters. The minimum Gasteiger partial charge on any atom is -0.497 e. The van der Waals surface area contributed by atoms with Crippen molar-refractivity contribution >= 4 is 16.8 Å². The number of benzene rings is 4. The summed E-state index contributed by atoms with van der Waals surface area (Å²) in [5, 5.41) is 12.1. The molecular formula is C37H39NO5. The molecular weight excluding hydrogens is 538 g/mol. The number of fused-ring (bicyclic) bond motifs is 5. The molecule has 3 aliphatic rings. The van der Waals surface area contributed by atoms with E-state index in [1.807, 2.05) is 24.3 Å². The van der Waals surface area contributed by atoms with Crippen molar-refractivity contribution in [2.45, 2.75) is 37.8 Å². The van der Waals surface area contributed by atoms with Gasteiger partial charge in [-0.25, -0.2) is 0 Å². The second kappa shape index (κ2) is 11.6. The summed E-state index contributed by atoms with van der Waals surface area (Å²) >= 11 is 0. The predicted octanol–water partition coefficient (Wildman–Crippen LogP) is 7.16. The van der Waals surface area contributed by atoms with Crippen LogP contribution in [0.2, 0.25) is 0 Å². The summed E-state index contributed by atoms with van der Waals surface area (Å²) in [4.78, 5) is 2.43. The zero-order valence-corrected chi connectivity index (χ0v) is 24.9. The van der Waals surface area contributed by atoms with Crippen LogP contribution in [-0.4, -0.2) is 44.1 Å². The molecule has 0 saturated heterocycles. The normalized spacial score (nSPS) is 20.9. The Morgan fingerprint density at radius 1 is 0.814 bits per heavy atom. The van der Waals surface area contributed by atoms with Crippen LogP contribution >= 0.6 is 0 Å². The van der Waals surface area contributed by atoms with Crippen LogP contribution in [0.5, 0.6) is 23.0 Å². The van der Waals surface area contributed by atoms with E-state index in [1.165, 1.54) is 23.8 Å². The van der Waals surface area contributed by atoms with Crippen molar-refractivity contribution in [3.63, 3.8) is 0 Å². The highest BCUT2D eigenvalue weighted by atomic mass is 16.5. The van der Waals surface area contributed by atoms with Gasteiger partial charge >= 0.3 is 0 Å². The summed E-state index contributed by atoms with van der Waals surface area (Å²) in [6, 6.07) is 24.7. The minimum absolute atomic E-state index is 0.305. The molecule has 2 heterocycles. The van der Waals surface area contributed by atoms with Gasteiger partial charge in [0.25, 0.3) is 0 Å². The predicted molar refractivity (Wildman–Crippen MR) is 169 cm³/mol. The lowest BCUT2D eigenvalue weighted by Gasteiger charge is -2.37. The van der Waals surface area contributed by atoms with Crippen LogP contribution in [0.15, 0.2) is 78.9 Å². The van der Waals surface area contributed by atoms with Crippen LogP contribution in [0, 0.1) is 11.8 Å². The first-order valence-corrected chi connectivity index (χ1v) is 15.3. The average Bonchev–Trinajstić information content (AvgIpc) is 3.07. The van der Waals surface area contributed by atoms with Crippen LogP contribution in [0.4, 0.5) is 0 Å². The SMILES string of the molecule is COc1ccc(C2(c3ccc(OC)cc3)C=Cc3c(ccc4c5c(ccc34)OCN(CC3CCCC(CO)C3)C5)O2)cc1. The van der Waals surface area contributed by atoms with E-state index < -0.39 is 5.60 Å². The molecule has 222 valence electrons. The van der Waals surface area contributed by atoms with E-state index in [4.69, 9.17) is 18.9 Å². The largest absolute Gasteiger partial charge is 0.497 e. The first-order chi connectivity index (χ1) is 21.1. The molecule has 2 aliphatic heterocycles. The summed E-state index contributed by atoms with van der Waals surface area (Å²) in [6.45, 7) is 2.78. The number of nitrogens with zero attached hydrogens (tertiary/aromatic N) is 1. The van der Waals surface area contributed by atoms with Gasteiger partial charge in [-0.05, 0) is 96.5 Å². The molecule has 4 aromatic carbocycles. The smallest absolute Gasteiger partial charge is 0.178 e. The maximum Gasteiger partial charge on any atom is 0.178 e. The van der Waals surface area contributed by atoms with Gasteiger partial charge < -0.3 is 24.1 Å². The summed E-state index contributed by atoms with van der Waals surface area (Å²) in [5.74, 6) is 4.47. The van der Waals surface area contributed by atoms with Crippen LogP contribution in [0.1, 0.15) is 47.9 Å². The highest BCUT2D eigenvalue weighted by Crippen LogP contribution is 2.46. The molecule has 0 spiro atoms. The van der Waals surface area contributed by atoms with E-state index in [1.54, 1.807) is 14.2 Å². The van der Waals surface area contributed by atoms with Gasteiger partial charge in [-0.2, -0.15) is 0 Å². The van der Waals surface area contributed by atoms with Crippen molar-refractivity contribution in [2.75, 3.05) is 34.1 Å². The molecule has 4 aromatic rings. The van der Waals surface area contributed by atoms with Gasteiger partial charge in [-0.15, -0.1) is 0 Å². The summed E-state index contributed by atoms with van der Waals surface area (Å²) in [7, 11) is 3.36. The van der Waals surface area contributed by atoms with E-state index in [2.05, 4.69) is 65.6 Å². The van der Waals surface area contributed by atoms with Crippen molar-refractivity contribution in [1.82, 2.24) is 4.90 Å². The number of hydrogen-bond acceptors (Lipinski definition) is 6. The van der Waals surface area contributed by atoms with Gasteiger partial charge in [0, 0.05) is 42.0 Å². The van der Waals surface area contributed by atoms with E-state index in [0.29, 0.717) is 25.2 Å². The number of aliphatic hydroxyl groups excluding tert-OH is 1. The number of methoxy groups -OCH3 is 2. The number of rotatable bonds is 7. The molecule has 43 heavy (non-hydrogen) atoms. The highest BCUT2D eigenvalue weighted by Gasteiger charge is 2.38. The molecule has 2 atom stereocenters. The lowest BCUT2D eigenvalue weighted by molar-refractivity contribution is 0.0619. The Balaban J connectivity index is 1.23. The first kappa shape index (κ1) is 27.8. The van der Waals surface area contributed by atoms with Crippen LogP contribution < -0.4 is 18.9 Å². The maximum atomic E-state index is 9.70. The van der Waals surface area contributed by atoms with Crippen molar-refractivity contribution in [2.24, 2.45) is 11.8 Å². The third kappa shape index (κ3) is 5.13. The Morgan fingerprint density at radius 3 is 2.14 bits per heavy atom. The van der Waals surface area contributed by atoms with Crippen molar-refractivity contribution in [3.8, 4) is 23.0 Å². The van der Waals surface area contributed by atoms with Gasteiger partial charge in [0.15, 0.2) is 5.60 Å². The van der Waals surface area contributed by atoms with Crippen molar-refractivity contribution < 1.29 is 24.1 Å². The second-order valence-corrected chi connectivity index (χ2v) is 12.1. The molecule has 7 rings (SSSR count). The van der Waals surface area contributed by atoms with Crippen LogP contribution in [0.3, 0.4) is 0 Å². The lowest BCUT2D eigenvalue weighted by atomic mass is 9.81. The number of aliphatic hydroxyl groups is 1. The third-order valence-electron chi connectivity index (χ3n) is 9.51. The second-order valence-electron chi connectivity index (χ2n) is 12.1. The van der Waals surface area contributed by atoms with E-state index >= 15 is 0 Å². The molecule has 1 fully saturated rings. The molecule has 6 heteroatoms. The van der Waals surface area contributed by atoms with Gasteiger partial charge in [0.2, 0.25) is 0 Å². The Hall–Kier alpha value is -4.00. The molecule has 0 bridgehead atoms. The van der Waals surface area contributed by atoms with E-state index in [-0.39, 0.29) is 0 Å². The van der Waals surface area contributed by atoms with Crippen LogP contribution in [-0.2, 0) is 12.1 Å². The first-order valence-electron chi connectivity index (χ1n) is 15.3. The van der Waals surface area contributed by atoms with Gasteiger partial charge in [0.05, 0.1) is 14.2 Å². The van der Waals surface area contributed by atoms with E-state index in [9.17, 15) is 5.11 Å². The summed E-state index contributed by atoms with van der Waals surface area (Å²) < 4.78 is 24.2. The molecule has 1 aliphatic carbocycles. The average molecular weight is 578 g/mol. The fourth-order valence-electron chi connectivity index (χ4n) is 7.22. The van der Waals surface area contributed by atoms with Gasteiger partial charge in [-0.1, -0.05) is 36.8 Å². The minimum atomic E-state index is -0.806. The monoisotopic (exact) mass is 577 g/mol. The molecule has 0 amide bonds. The lowest BCUT2D eigenvalue weighted by Crippen LogP contribution is -2.37.